The van der Waals surface area contributed by atoms with Crippen molar-refractivity contribution < 1.29 is 30.7 Å². The summed E-state index contributed by atoms with van der Waals surface area (Å²) in [5, 5.41) is 8.88. The molecule has 0 saturated heterocycles. The highest BCUT2D eigenvalue weighted by molar-refractivity contribution is 7.86. The molecule has 0 fully saturated rings. The summed E-state index contributed by atoms with van der Waals surface area (Å²) in [5.41, 5.74) is -5.65. The van der Waals surface area contributed by atoms with Gasteiger partial charge in [0.2, 0.25) is 6.04 Å². The lowest BCUT2D eigenvalue weighted by Gasteiger charge is -2.08. The normalized spacial score (nSPS) is 13.1. The van der Waals surface area contributed by atoms with Gasteiger partial charge < -0.3 is 4.55 Å². The molecule has 20 heavy (non-hydrogen) atoms. The quantitative estimate of drug-likeness (QED) is 0.473. The molecule has 0 radical (unpaired) electrons. The first kappa shape index (κ1) is 18.3. The van der Waals surface area contributed by atoms with Crippen LogP contribution in [0.4, 0.5) is 13.2 Å². The number of hydrogen-bond acceptors (Lipinski definition) is 4. The molecule has 0 amide bonds. The molecule has 0 aliphatic rings. The minimum absolute atomic E-state index is 0.0498. The van der Waals surface area contributed by atoms with E-state index >= 15 is 0 Å². The summed E-state index contributed by atoms with van der Waals surface area (Å²) in [4.78, 5) is 0. The first-order chi connectivity index (χ1) is 9.00. The van der Waals surface area contributed by atoms with Gasteiger partial charge in [-0.05, 0) is 0 Å². The molecule has 0 aromatic carbocycles. The van der Waals surface area contributed by atoms with Crippen molar-refractivity contribution in [3.8, 4) is 6.07 Å². The Morgan fingerprint density at radius 2 is 1.60 bits per heavy atom. The molecule has 9 heteroatoms. The van der Waals surface area contributed by atoms with Gasteiger partial charge in [0.1, 0.15) is 6.07 Å². The minimum atomic E-state index is -6.09. The summed E-state index contributed by atoms with van der Waals surface area (Å²) in [6, 6.07) is 8.06. The second kappa shape index (κ2) is 7.21. The van der Waals surface area contributed by atoms with Gasteiger partial charge in [0.05, 0.1) is 0 Å². The zero-order chi connectivity index (χ0) is 16.0. The molecule has 112 valence electrons. The Balaban J connectivity index is 0.000000396. The summed E-state index contributed by atoms with van der Waals surface area (Å²) < 4.78 is 60.8. The van der Waals surface area contributed by atoms with Gasteiger partial charge in [-0.25, -0.2) is 8.42 Å². The standard InChI is InChI=1S/C10H13N2.CHF3O3S/c1-9(2)10(8-11)12-6-4-3-5-7-12;2-1(3,4)8(5,6)7/h3-7,9-10H,1-2H3;(H,5,6,7)/q+1;/p-1. The van der Waals surface area contributed by atoms with E-state index in [1.807, 2.05) is 49.0 Å². The molecule has 1 aromatic heterocycles. The van der Waals surface area contributed by atoms with Crippen LogP contribution in [0.3, 0.4) is 0 Å². The van der Waals surface area contributed by atoms with Crippen LogP contribution >= 0.6 is 0 Å². The zero-order valence-corrected chi connectivity index (χ0v) is 11.5. The second-order valence-corrected chi connectivity index (χ2v) is 5.41. The molecule has 0 aliphatic carbocycles. The molecule has 1 rings (SSSR count). The molecule has 1 atom stereocenters. The number of rotatable bonds is 2. The largest absolute Gasteiger partial charge is 0.741 e. The maximum Gasteiger partial charge on any atom is 0.485 e. The predicted molar refractivity (Wildman–Crippen MR) is 61.9 cm³/mol. The molecule has 5 nitrogen and oxygen atoms in total. The number of pyridine rings is 1. The van der Waals surface area contributed by atoms with Crippen molar-refractivity contribution in [1.29, 1.82) is 5.26 Å². The van der Waals surface area contributed by atoms with E-state index in [0.29, 0.717) is 5.92 Å². The zero-order valence-electron chi connectivity index (χ0n) is 10.7. The fourth-order valence-electron chi connectivity index (χ4n) is 1.16. The Labute approximate surface area is 115 Å². The van der Waals surface area contributed by atoms with Gasteiger partial charge in [0, 0.05) is 18.1 Å². The molecule has 0 aliphatic heterocycles. The van der Waals surface area contributed by atoms with Crippen molar-refractivity contribution in [3.05, 3.63) is 30.6 Å². The van der Waals surface area contributed by atoms with Gasteiger partial charge in [0.15, 0.2) is 22.5 Å². The maximum absolute atomic E-state index is 10.7. The van der Waals surface area contributed by atoms with Crippen molar-refractivity contribution in [3.63, 3.8) is 0 Å². The van der Waals surface area contributed by atoms with E-state index in [4.69, 9.17) is 18.2 Å². The van der Waals surface area contributed by atoms with E-state index in [9.17, 15) is 13.2 Å². The lowest BCUT2D eigenvalue weighted by atomic mass is 10.1. The lowest BCUT2D eigenvalue weighted by Crippen LogP contribution is -2.40. The Morgan fingerprint density at radius 3 is 1.85 bits per heavy atom. The molecule has 0 N–H and O–H groups in total. The van der Waals surface area contributed by atoms with Crippen molar-refractivity contribution in [1.82, 2.24) is 0 Å². The highest BCUT2D eigenvalue weighted by Crippen LogP contribution is 2.20. The predicted octanol–water partition coefficient (Wildman–Crippen LogP) is 1.75. The number of nitriles is 1. The van der Waals surface area contributed by atoms with Crippen LogP contribution in [-0.2, 0) is 10.1 Å². The highest BCUT2D eigenvalue weighted by Gasteiger charge is 2.36. The third-order valence-corrected chi connectivity index (χ3v) is 2.67. The third kappa shape index (κ3) is 5.99. The van der Waals surface area contributed by atoms with Crippen molar-refractivity contribution in [2.75, 3.05) is 0 Å². The van der Waals surface area contributed by atoms with Crippen LogP contribution in [0.25, 0.3) is 0 Å². The molecular formula is C11H13F3N2O3S. The van der Waals surface area contributed by atoms with Crippen LogP contribution in [0.1, 0.15) is 19.9 Å². The first-order valence-corrected chi connectivity index (χ1v) is 6.79. The van der Waals surface area contributed by atoms with E-state index in [1.54, 1.807) is 0 Å². The van der Waals surface area contributed by atoms with Crippen LogP contribution in [-0.4, -0.2) is 18.5 Å². The minimum Gasteiger partial charge on any atom is -0.741 e. The van der Waals surface area contributed by atoms with Crippen molar-refractivity contribution >= 4 is 10.1 Å². The average molecular weight is 310 g/mol. The lowest BCUT2D eigenvalue weighted by molar-refractivity contribution is -0.716. The van der Waals surface area contributed by atoms with Crippen LogP contribution in [0, 0.1) is 17.2 Å². The van der Waals surface area contributed by atoms with E-state index in [-0.39, 0.29) is 6.04 Å². The molecule has 0 saturated carbocycles. The molecule has 1 aromatic rings. The monoisotopic (exact) mass is 310 g/mol. The van der Waals surface area contributed by atoms with Gasteiger partial charge in [-0.3, -0.25) is 0 Å². The van der Waals surface area contributed by atoms with Gasteiger partial charge >= 0.3 is 5.51 Å². The van der Waals surface area contributed by atoms with Crippen LogP contribution < -0.4 is 4.57 Å². The van der Waals surface area contributed by atoms with Gasteiger partial charge in [0.25, 0.3) is 0 Å². The molecule has 0 bridgehead atoms. The van der Waals surface area contributed by atoms with Gasteiger partial charge in [-0.1, -0.05) is 19.9 Å². The first-order valence-electron chi connectivity index (χ1n) is 5.38. The van der Waals surface area contributed by atoms with Crippen molar-refractivity contribution in [2.24, 2.45) is 5.92 Å². The topological polar surface area (TPSA) is 84.9 Å². The Kier molecular flexibility index (Phi) is 6.61. The summed E-state index contributed by atoms with van der Waals surface area (Å²) in [6.45, 7) is 4.10. The third-order valence-electron chi connectivity index (χ3n) is 2.11. The molecule has 0 spiro atoms. The number of aromatic nitrogens is 1. The van der Waals surface area contributed by atoms with Crippen LogP contribution in [0.5, 0.6) is 0 Å². The summed E-state index contributed by atoms with van der Waals surface area (Å²) in [5.74, 6) is 0.349. The number of hydrogen-bond donors (Lipinski definition) is 0. The second-order valence-electron chi connectivity index (χ2n) is 4.04. The Hall–Kier alpha value is -1.66. The van der Waals surface area contributed by atoms with E-state index in [0.717, 1.165) is 0 Å². The summed E-state index contributed by atoms with van der Waals surface area (Å²) >= 11 is 0. The Morgan fingerprint density at radius 1 is 1.20 bits per heavy atom. The Bertz CT molecular complexity index is 551. The van der Waals surface area contributed by atoms with Gasteiger partial charge in [-0.15, -0.1) is 0 Å². The van der Waals surface area contributed by atoms with E-state index < -0.39 is 15.6 Å². The van der Waals surface area contributed by atoms with E-state index in [2.05, 4.69) is 6.07 Å². The number of halogens is 3. The maximum atomic E-state index is 10.7. The fourth-order valence-corrected chi connectivity index (χ4v) is 1.16. The van der Waals surface area contributed by atoms with Crippen molar-refractivity contribution in [2.45, 2.75) is 25.4 Å². The SMILES string of the molecule is CC(C)C(C#N)[n+]1ccccc1.O=S(=O)([O-])C(F)(F)F. The molecule has 1 heterocycles. The van der Waals surface area contributed by atoms with Crippen LogP contribution in [0.15, 0.2) is 30.6 Å². The van der Waals surface area contributed by atoms with E-state index in [1.165, 1.54) is 0 Å². The average Bonchev–Trinajstić information content (AvgIpc) is 2.29. The summed E-state index contributed by atoms with van der Waals surface area (Å²) in [7, 11) is -6.09. The fraction of sp³-hybridized carbons (Fsp3) is 0.455. The number of nitrogens with zero attached hydrogens (tertiary/aromatic N) is 2. The summed E-state index contributed by atoms with van der Waals surface area (Å²) in [6.07, 6.45) is 3.85. The van der Waals surface area contributed by atoms with Gasteiger partial charge in [-0.2, -0.15) is 23.0 Å². The smallest absolute Gasteiger partial charge is 0.485 e. The van der Waals surface area contributed by atoms with Crippen LogP contribution in [0.2, 0.25) is 0 Å². The number of alkyl halides is 3. The molecular weight excluding hydrogens is 297 g/mol. The molecule has 1 unspecified atom stereocenters. The highest BCUT2D eigenvalue weighted by atomic mass is 32.2.